The number of halogens is 2. The molecule has 2 aromatic rings. The van der Waals surface area contributed by atoms with Crippen molar-refractivity contribution in [1.29, 1.82) is 0 Å². The van der Waals surface area contributed by atoms with Gasteiger partial charge in [0.25, 0.3) is 0 Å². The Morgan fingerprint density at radius 2 is 1.93 bits per heavy atom. The first-order valence-corrected chi connectivity index (χ1v) is 4.20. The zero-order valence-corrected chi connectivity index (χ0v) is 7.61. The van der Waals surface area contributed by atoms with Crippen molar-refractivity contribution in [2.75, 3.05) is 5.73 Å². The quantitative estimate of drug-likeness (QED) is 0.778. The lowest BCUT2D eigenvalue weighted by atomic mass is 10.1. The van der Waals surface area contributed by atoms with Gasteiger partial charge in [-0.15, -0.1) is 0 Å². The van der Waals surface area contributed by atoms with Gasteiger partial charge in [-0.25, -0.2) is 18.7 Å². The van der Waals surface area contributed by atoms with Gasteiger partial charge in [0.15, 0.2) is 11.6 Å². The van der Waals surface area contributed by atoms with E-state index < -0.39 is 11.6 Å². The van der Waals surface area contributed by atoms with Crippen LogP contribution >= 0.6 is 0 Å². The molecule has 1 heterocycles. The summed E-state index contributed by atoms with van der Waals surface area (Å²) in [6, 6.07) is 5.27. The molecule has 0 fully saturated rings. The van der Waals surface area contributed by atoms with Crippen LogP contribution in [0.5, 0.6) is 0 Å². The molecule has 0 spiro atoms. The average Bonchev–Trinajstić information content (AvgIpc) is 2.22. The van der Waals surface area contributed by atoms with E-state index in [9.17, 15) is 8.78 Å². The highest BCUT2D eigenvalue weighted by atomic mass is 19.2. The summed E-state index contributed by atoms with van der Waals surface area (Å²) in [5.41, 5.74) is 5.75. The third kappa shape index (κ3) is 1.76. The number of nitrogens with zero attached hydrogens (tertiary/aromatic N) is 2. The zero-order chi connectivity index (χ0) is 10.8. The number of aromatic nitrogens is 2. The Hall–Kier alpha value is -2.04. The summed E-state index contributed by atoms with van der Waals surface area (Å²) in [6.45, 7) is 0. The maximum absolute atomic E-state index is 13.3. The van der Waals surface area contributed by atoms with Crippen molar-refractivity contribution in [2.45, 2.75) is 0 Å². The highest BCUT2D eigenvalue weighted by Gasteiger charge is 2.10. The number of hydrogen-bond acceptors (Lipinski definition) is 3. The Labute approximate surface area is 84.6 Å². The van der Waals surface area contributed by atoms with Gasteiger partial charge in [-0.05, 0) is 12.1 Å². The lowest BCUT2D eigenvalue weighted by molar-refractivity contribution is 0.511. The van der Waals surface area contributed by atoms with Gasteiger partial charge in [0.2, 0.25) is 0 Å². The van der Waals surface area contributed by atoms with Crippen LogP contribution in [-0.4, -0.2) is 9.97 Å². The molecule has 5 heteroatoms. The second-order valence-corrected chi connectivity index (χ2v) is 2.93. The lowest BCUT2D eigenvalue weighted by Gasteiger charge is -2.03. The molecule has 15 heavy (non-hydrogen) atoms. The van der Waals surface area contributed by atoms with Crippen LogP contribution in [0.2, 0.25) is 0 Å². The number of hydrogen-bond donors (Lipinski definition) is 1. The molecule has 0 radical (unpaired) electrons. The fourth-order valence-electron chi connectivity index (χ4n) is 1.22. The number of nitrogens with two attached hydrogens (primary N) is 1. The monoisotopic (exact) mass is 207 g/mol. The molecule has 2 rings (SSSR count). The lowest BCUT2D eigenvalue weighted by Crippen LogP contribution is -1.95. The van der Waals surface area contributed by atoms with Crippen LogP contribution in [0.25, 0.3) is 11.3 Å². The van der Waals surface area contributed by atoms with Crippen LogP contribution in [0.3, 0.4) is 0 Å². The molecule has 0 bridgehead atoms. The summed E-state index contributed by atoms with van der Waals surface area (Å²) < 4.78 is 26.3. The molecule has 0 saturated heterocycles. The number of anilines is 1. The second kappa shape index (κ2) is 3.61. The summed E-state index contributed by atoms with van der Waals surface area (Å²) in [7, 11) is 0. The molecule has 0 unspecified atom stereocenters. The molecular weight excluding hydrogens is 200 g/mol. The van der Waals surface area contributed by atoms with Crippen molar-refractivity contribution in [3.05, 3.63) is 42.2 Å². The predicted octanol–water partition coefficient (Wildman–Crippen LogP) is 2.00. The van der Waals surface area contributed by atoms with Gasteiger partial charge in [-0.1, -0.05) is 6.07 Å². The molecule has 0 saturated carbocycles. The summed E-state index contributed by atoms with van der Waals surface area (Å²) in [5.74, 6) is -1.64. The van der Waals surface area contributed by atoms with E-state index in [1.54, 1.807) is 0 Å². The van der Waals surface area contributed by atoms with E-state index >= 15 is 0 Å². The molecule has 3 nitrogen and oxygen atoms in total. The van der Waals surface area contributed by atoms with E-state index in [1.165, 1.54) is 24.5 Å². The Kier molecular flexibility index (Phi) is 2.29. The topological polar surface area (TPSA) is 51.8 Å². The van der Waals surface area contributed by atoms with Crippen LogP contribution in [0.1, 0.15) is 0 Å². The minimum Gasteiger partial charge on any atom is -0.384 e. The Balaban J connectivity index is 2.59. The summed E-state index contributed by atoms with van der Waals surface area (Å²) in [4.78, 5) is 7.48. The zero-order valence-electron chi connectivity index (χ0n) is 7.61. The van der Waals surface area contributed by atoms with E-state index in [1.807, 2.05) is 0 Å². The normalized spacial score (nSPS) is 10.3. The standard InChI is InChI=1S/C10H7F2N3/c11-7-3-1-2-6(10(7)12)8-4-9(13)15-5-14-8/h1-5H,(H2,13,14,15). The van der Waals surface area contributed by atoms with Gasteiger partial charge in [0.05, 0.1) is 5.69 Å². The minimum atomic E-state index is -0.935. The first-order valence-electron chi connectivity index (χ1n) is 4.20. The fraction of sp³-hybridized carbons (Fsp3) is 0. The number of nitrogen functional groups attached to an aromatic ring is 1. The van der Waals surface area contributed by atoms with Gasteiger partial charge in [-0.3, -0.25) is 0 Å². The summed E-state index contributed by atoms with van der Waals surface area (Å²) in [5, 5.41) is 0. The first kappa shape index (κ1) is 9.51. The molecule has 0 amide bonds. The molecule has 0 aliphatic heterocycles. The van der Waals surface area contributed by atoms with Gasteiger partial charge in [0, 0.05) is 11.6 Å². The molecule has 0 aliphatic rings. The van der Waals surface area contributed by atoms with Gasteiger partial charge < -0.3 is 5.73 Å². The average molecular weight is 207 g/mol. The van der Waals surface area contributed by atoms with E-state index in [0.717, 1.165) is 6.07 Å². The van der Waals surface area contributed by atoms with Crippen molar-refractivity contribution >= 4 is 5.82 Å². The number of rotatable bonds is 1. The van der Waals surface area contributed by atoms with E-state index in [4.69, 9.17) is 5.73 Å². The number of benzene rings is 1. The van der Waals surface area contributed by atoms with Crippen molar-refractivity contribution < 1.29 is 8.78 Å². The van der Waals surface area contributed by atoms with Gasteiger partial charge >= 0.3 is 0 Å². The SMILES string of the molecule is Nc1cc(-c2cccc(F)c2F)ncn1. The summed E-state index contributed by atoms with van der Waals surface area (Å²) >= 11 is 0. The van der Waals surface area contributed by atoms with Gasteiger partial charge in [-0.2, -0.15) is 0 Å². The molecule has 1 aromatic heterocycles. The highest BCUT2D eigenvalue weighted by Crippen LogP contribution is 2.22. The van der Waals surface area contributed by atoms with E-state index in [-0.39, 0.29) is 17.1 Å². The highest BCUT2D eigenvalue weighted by molar-refractivity contribution is 5.62. The fourth-order valence-corrected chi connectivity index (χ4v) is 1.22. The van der Waals surface area contributed by atoms with Crippen molar-refractivity contribution in [1.82, 2.24) is 9.97 Å². The van der Waals surface area contributed by atoms with Crippen LogP contribution in [0, 0.1) is 11.6 Å². The third-order valence-electron chi connectivity index (χ3n) is 1.92. The van der Waals surface area contributed by atoms with Crippen LogP contribution in [0.15, 0.2) is 30.6 Å². The maximum atomic E-state index is 13.3. The molecular formula is C10H7F2N3. The molecule has 0 atom stereocenters. The Morgan fingerprint density at radius 3 is 2.67 bits per heavy atom. The third-order valence-corrected chi connectivity index (χ3v) is 1.92. The maximum Gasteiger partial charge on any atom is 0.168 e. The predicted molar refractivity (Wildman–Crippen MR) is 51.8 cm³/mol. The van der Waals surface area contributed by atoms with Crippen LogP contribution in [0.4, 0.5) is 14.6 Å². The second-order valence-electron chi connectivity index (χ2n) is 2.93. The smallest absolute Gasteiger partial charge is 0.168 e. The Bertz CT molecular complexity index is 500. The van der Waals surface area contributed by atoms with Crippen LogP contribution in [-0.2, 0) is 0 Å². The van der Waals surface area contributed by atoms with Crippen LogP contribution < -0.4 is 5.73 Å². The molecule has 0 aliphatic carbocycles. The van der Waals surface area contributed by atoms with Crippen molar-refractivity contribution in [3.63, 3.8) is 0 Å². The Morgan fingerprint density at radius 1 is 1.13 bits per heavy atom. The van der Waals surface area contributed by atoms with Gasteiger partial charge in [0.1, 0.15) is 12.1 Å². The molecule has 2 N–H and O–H groups in total. The molecule has 1 aromatic carbocycles. The first-order chi connectivity index (χ1) is 7.18. The summed E-state index contributed by atoms with van der Waals surface area (Å²) in [6.07, 6.45) is 1.20. The minimum absolute atomic E-state index is 0.0732. The molecule has 76 valence electrons. The van der Waals surface area contributed by atoms with E-state index in [0.29, 0.717) is 0 Å². The van der Waals surface area contributed by atoms with E-state index in [2.05, 4.69) is 9.97 Å². The van der Waals surface area contributed by atoms with Crippen molar-refractivity contribution in [3.8, 4) is 11.3 Å². The van der Waals surface area contributed by atoms with Crippen molar-refractivity contribution in [2.24, 2.45) is 0 Å². The largest absolute Gasteiger partial charge is 0.384 e.